The minimum atomic E-state index is 0.113. The molecule has 1 heterocycles. The van der Waals surface area contributed by atoms with Crippen molar-refractivity contribution in [1.29, 1.82) is 0 Å². The topological polar surface area (TPSA) is 23.6 Å². The largest absolute Gasteiger partial charge is 0.358 e. The first-order valence-electron chi connectivity index (χ1n) is 7.90. The lowest BCUT2D eigenvalue weighted by molar-refractivity contribution is -0.130. The highest BCUT2D eigenvalue weighted by atomic mass is 32.2. The predicted octanol–water partition coefficient (Wildman–Crippen LogP) is 3.40. The Hall–Kier alpha value is -1.07. The van der Waals surface area contributed by atoms with Crippen LogP contribution in [0.1, 0.15) is 25.8 Å². The number of likely N-dealkylation sites (tertiary alicyclic amines) is 1. The fourth-order valence-corrected chi connectivity index (χ4v) is 4.22. The molecule has 1 atom stereocenters. The summed E-state index contributed by atoms with van der Waals surface area (Å²) in [7, 11) is 0. The van der Waals surface area contributed by atoms with Gasteiger partial charge < -0.3 is 9.80 Å². The second kappa shape index (κ2) is 8.53. The number of carbonyl (C=O) groups is 1. The summed E-state index contributed by atoms with van der Waals surface area (Å²) >= 11 is 7.10. The number of rotatable bonds is 6. The second-order valence-corrected chi connectivity index (χ2v) is 7.13. The Morgan fingerprint density at radius 1 is 1.32 bits per heavy atom. The number of amides is 1. The fourth-order valence-electron chi connectivity index (χ4n) is 2.66. The van der Waals surface area contributed by atoms with Gasteiger partial charge in [0.15, 0.2) is 0 Å². The summed E-state index contributed by atoms with van der Waals surface area (Å²) in [5.41, 5.74) is 1.20. The fraction of sp³-hybridized carbons (Fsp3) is 0.529. The van der Waals surface area contributed by atoms with E-state index in [1.54, 1.807) is 11.8 Å². The summed E-state index contributed by atoms with van der Waals surface area (Å²) in [5, 5.41) is 0. The first-order valence-corrected chi connectivity index (χ1v) is 9.29. The Labute approximate surface area is 143 Å². The van der Waals surface area contributed by atoms with Crippen LogP contribution < -0.4 is 0 Å². The van der Waals surface area contributed by atoms with Gasteiger partial charge in [0.25, 0.3) is 0 Å². The summed E-state index contributed by atoms with van der Waals surface area (Å²) < 4.78 is 0.916. The molecule has 0 aromatic heterocycles. The monoisotopic (exact) mass is 336 g/mol. The summed E-state index contributed by atoms with van der Waals surface area (Å²) in [5.74, 6) is 1.19. The third kappa shape index (κ3) is 4.46. The SMILES string of the molecule is CCN(CC)C(=S)SCC1CCN(Cc2ccccc2)C1=O. The molecule has 1 fully saturated rings. The van der Waals surface area contributed by atoms with Crippen LogP contribution in [0, 0.1) is 5.92 Å². The molecule has 1 aliphatic rings. The lowest BCUT2D eigenvalue weighted by atomic mass is 10.1. The van der Waals surface area contributed by atoms with Gasteiger partial charge in [0.1, 0.15) is 4.32 Å². The number of carbonyl (C=O) groups excluding carboxylic acids is 1. The van der Waals surface area contributed by atoms with Crippen molar-refractivity contribution in [2.75, 3.05) is 25.4 Å². The van der Waals surface area contributed by atoms with Crippen molar-refractivity contribution in [2.24, 2.45) is 5.92 Å². The van der Waals surface area contributed by atoms with Gasteiger partial charge in [-0.05, 0) is 25.8 Å². The zero-order chi connectivity index (χ0) is 15.9. The van der Waals surface area contributed by atoms with Crippen LogP contribution in [0.5, 0.6) is 0 Å². The van der Waals surface area contributed by atoms with Crippen LogP contribution in [0.15, 0.2) is 30.3 Å². The molecule has 120 valence electrons. The van der Waals surface area contributed by atoms with Gasteiger partial charge in [-0.25, -0.2) is 0 Å². The maximum Gasteiger partial charge on any atom is 0.226 e. The molecule has 22 heavy (non-hydrogen) atoms. The molecule has 1 amide bonds. The average molecular weight is 337 g/mol. The van der Waals surface area contributed by atoms with E-state index in [4.69, 9.17) is 12.2 Å². The number of benzene rings is 1. The van der Waals surface area contributed by atoms with Gasteiger partial charge in [0.2, 0.25) is 5.91 Å². The summed E-state index contributed by atoms with van der Waals surface area (Å²) in [6.07, 6.45) is 0.944. The minimum Gasteiger partial charge on any atom is -0.358 e. The van der Waals surface area contributed by atoms with Crippen molar-refractivity contribution in [3.63, 3.8) is 0 Å². The zero-order valence-corrected chi connectivity index (χ0v) is 15.0. The van der Waals surface area contributed by atoms with E-state index in [0.717, 1.165) is 42.7 Å². The van der Waals surface area contributed by atoms with E-state index >= 15 is 0 Å². The first kappa shape index (κ1) is 17.3. The van der Waals surface area contributed by atoms with E-state index in [1.807, 2.05) is 23.1 Å². The maximum atomic E-state index is 12.5. The minimum absolute atomic E-state index is 0.113. The summed E-state index contributed by atoms with van der Waals surface area (Å²) in [6.45, 7) is 7.66. The number of thioether (sulfide) groups is 1. The van der Waals surface area contributed by atoms with E-state index in [2.05, 4.69) is 30.9 Å². The molecule has 0 aliphatic carbocycles. The van der Waals surface area contributed by atoms with Crippen LogP contribution in [0.2, 0.25) is 0 Å². The molecule has 0 saturated carbocycles. The van der Waals surface area contributed by atoms with Gasteiger partial charge in [-0.2, -0.15) is 0 Å². The van der Waals surface area contributed by atoms with Gasteiger partial charge in [0, 0.05) is 37.8 Å². The Morgan fingerprint density at radius 3 is 2.64 bits per heavy atom. The molecule has 0 spiro atoms. The molecule has 2 rings (SSSR count). The smallest absolute Gasteiger partial charge is 0.226 e. The molecule has 5 heteroatoms. The molecule has 0 radical (unpaired) electrons. The third-order valence-corrected chi connectivity index (χ3v) is 5.74. The number of nitrogens with zero attached hydrogens (tertiary/aromatic N) is 2. The van der Waals surface area contributed by atoms with Crippen LogP contribution in [0.4, 0.5) is 0 Å². The van der Waals surface area contributed by atoms with Gasteiger partial charge in [-0.1, -0.05) is 54.3 Å². The highest BCUT2D eigenvalue weighted by Crippen LogP contribution is 2.25. The standard InChI is InChI=1S/C17H24N2OS2/c1-3-18(4-2)17(21)22-13-15-10-11-19(16(15)20)12-14-8-6-5-7-9-14/h5-9,15H,3-4,10-13H2,1-2H3. The molecular weight excluding hydrogens is 312 g/mol. The molecule has 1 aromatic rings. The molecular formula is C17H24N2OS2. The Morgan fingerprint density at radius 2 is 2.00 bits per heavy atom. The molecule has 0 N–H and O–H groups in total. The number of hydrogen-bond donors (Lipinski definition) is 0. The van der Waals surface area contributed by atoms with E-state index < -0.39 is 0 Å². The summed E-state index contributed by atoms with van der Waals surface area (Å²) in [4.78, 5) is 16.6. The van der Waals surface area contributed by atoms with Gasteiger partial charge in [-0.3, -0.25) is 4.79 Å². The van der Waals surface area contributed by atoms with E-state index in [9.17, 15) is 4.79 Å². The number of hydrogen-bond acceptors (Lipinski definition) is 3. The average Bonchev–Trinajstić information content (AvgIpc) is 2.88. The normalized spacial score (nSPS) is 17.8. The predicted molar refractivity (Wildman–Crippen MR) is 97.9 cm³/mol. The van der Waals surface area contributed by atoms with E-state index in [0.29, 0.717) is 0 Å². The van der Waals surface area contributed by atoms with Crippen LogP contribution >= 0.6 is 24.0 Å². The molecule has 1 aliphatic heterocycles. The summed E-state index contributed by atoms with van der Waals surface area (Å²) in [6, 6.07) is 10.2. The lowest BCUT2D eigenvalue weighted by Crippen LogP contribution is -2.29. The van der Waals surface area contributed by atoms with Gasteiger partial charge in [-0.15, -0.1) is 0 Å². The lowest BCUT2D eigenvalue weighted by Gasteiger charge is -2.22. The van der Waals surface area contributed by atoms with Crippen LogP contribution in [0.3, 0.4) is 0 Å². The zero-order valence-electron chi connectivity index (χ0n) is 13.3. The van der Waals surface area contributed by atoms with Crippen molar-refractivity contribution >= 4 is 34.2 Å². The molecule has 3 nitrogen and oxygen atoms in total. The van der Waals surface area contributed by atoms with Gasteiger partial charge >= 0.3 is 0 Å². The van der Waals surface area contributed by atoms with E-state index in [1.165, 1.54) is 5.56 Å². The van der Waals surface area contributed by atoms with Crippen molar-refractivity contribution in [3.8, 4) is 0 Å². The highest BCUT2D eigenvalue weighted by Gasteiger charge is 2.31. The highest BCUT2D eigenvalue weighted by molar-refractivity contribution is 8.22. The van der Waals surface area contributed by atoms with Crippen molar-refractivity contribution in [1.82, 2.24) is 9.80 Å². The maximum absolute atomic E-state index is 12.5. The van der Waals surface area contributed by atoms with Crippen molar-refractivity contribution in [3.05, 3.63) is 35.9 Å². The van der Waals surface area contributed by atoms with Crippen LogP contribution in [-0.4, -0.2) is 45.4 Å². The third-order valence-electron chi connectivity index (χ3n) is 4.05. The van der Waals surface area contributed by atoms with Crippen molar-refractivity contribution < 1.29 is 4.79 Å². The quantitative estimate of drug-likeness (QED) is 0.743. The van der Waals surface area contributed by atoms with Crippen LogP contribution in [-0.2, 0) is 11.3 Å². The van der Waals surface area contributed by atoms with Crippen molar-refractivity contribution in [2.45, 2.75) is 26.8 Å². The molecule has 1 saturated heterocycles. The first-order chi connectivity index (χ1) is 10.7. The van der Waals surface area contributed by atoms with Crippen LogP contribution in [0.25, 0.3) is 0 Å². The van der Waals surface area contributed by atoms with Gasteiger partial charge in [0.05, 0.1) is 0 Å². The van der Waals surface area contributed by atoms with E-state index in [-0.39, 0.29) is 11.8 Å². The second-order valence-electron chi connectivity index (χ2n) is 5.48. The Balaban J connectivity index is 1.83. The Bertz CT molecular complexity index is 503. The Kier molecular flexibility index (Phi) is 6.70. The molecule has 1 aromatic carbocycles. The molecule has 0 bridgehead atoms. The number of thiocarbonyl (C=S) groups is 1. The molecule has 1 unspecified atom stereocenters.